The molecule has 6 heteroatoms. The van der Waals surface area contributed by atoms with E-state index in [9.17, 15) is 4.79 Å². The standard InChI is InChI=1S/C16H13Cl2N3O/c17-9-1-2-13-11(5-9)12-8-21(4-3-14(12)20-13)16(22)15-6-10(18)7-19-15/h1-2,5-7,19-20H,3-4,8H2. The molecule has 0 fully saturated rings. The van der Waals surface area contributed by atoms with Gasteiger partial charge in [0.05, 0.1) is 5.02 Å². The first-order valence-electron chi connectivity index (χ1n) is 7.04. The number of aromatic amines is 2. The Morgan fingerprint density at radius 1 is 1.18 bits per heavy atom. The maximum absolute atomic E-state index is 12.5. The Balaban J connectivity index is 1.70. The van der Waals surface area contributed by atoms with Crippen LogP contribution >= 0.6 is 23.2 Å². The van der Waals surface area contributed by atoms with Gasteiger partial charge in [-0.2, -0.15) is 0 Å². The number of hydrogen-bond donors (Lipinski definition) is 2. The first kappa shape index (κ1) is 13.7. The summed E-state index contributed by atoms with van der Waals surface area (Å²) >= 11 is 12.0. The van der Waals surface area contributed by atoms with Gasteiger partial charge in [-0.05, 0) is 24.3 Å². The summed E-state index contributed by atoms with van der Waals surface area (Å²) in [5.41, 5.74) is 3.92. The van der Waals surface area contributed by atoms with Crippen molar-refractivity contribution >= 4 is 40.0 Å². The molecule has 2 N–H and O–H groups in total. The number of carbonyl (C=O) groups is 1. The summed E-state index contributed by atoms with van der Waals surface area (Å²) in [6.07, 6.45) is 2.43. The molecule has 1 aromatic carbocycles. The SMILES string of the molecule is O=C(c1cc(Cl)c[nH]1)N1CCc2[nH]c3ccc(Cl)cc3c2C1. The lowest BCUT2D eigenvalue weighted by molar-refractivity contribution is 0.0730. The third kappa shape index (κ3) is 2.19. The number of nitrogens with one attached hydrogen (secondary N) is 2. The summed E-state index contributed by atoms with van der Waals surface area (Å²) < 4.78 is 0. The number of H-pyrrole nitrogens is 2. The van der Waals surface area contributed by atoms with Gasteiger partial charge in [-0.15, -0.1) is 0 Å². The van der Waals surface area contributed by atoms with Crippen LogP contribution in [0.5, 0.6) is 0 Å². The van der Waals surface area contributed by atoms with Crippen molar-refractivity contribution in [2.45, 2.75) is 13.0 Å². The number of benzene rings is 1. The molecule has 3 heterocycles. The monoisotopic (exact) mass is 333 g/mol. The van der Waals surface area contributed by atoms with E-state index in [0.717, 1.165) is 22.9 Å². The quantitative estimate of drug-likeness (QED) is 0.694. The molecule has 4 nitrogen and oxygen atoms in total. The molecule has 0 bridgehead atoms. The number of amides is 1. The van der Waals surface area contributed by atoms with E-state index in [1.165, 1.54) is 5.69 Å². The predicted octanol–water partition coefficient (Wildman–Crippen LogP) is 4.00. The van der Waals surface area contributed by atoms with E-state index in [1.807, 2.05) is 23.1 Å². The van der Waals surface area contributed by atoms with Gasteiger partial charge in [-0.1, -0.05) is 23.2 Å². The number of hydrogen-bond acceptors (Lipinski definition) is 1. The van der Waals surface area contributed by atoms with Crippen LogP contribution in [0.4, 0.5) is 0 Å². The lowest BCUT2D eigenvalue weighted by Gasteiger charge is -2.26. The average Bonchev–Trinajstić information content (AvgIpc) is 3.09. The second-order valence-corrected chi connectivity index (χ2v) is 6.35. The van der Waals surface area contributed by atoms with Gasteiger partial charge in [0.2, 0.25) is 0 Å². The van der Waals surface area contributed by atoms with Crippen LogP contribution in [0.15, 0.2) is 30.5 Å². The molecule has 22 heavy (non-hydrogen) atoms. The van der Waals surface area contributed by atoms with Crippen molar-refractivity contribution in [3.05, 3.63) is 57.5 Å². The Labute approximate surface area is 137 Å². The second-order valence-electron chi connectivity index (χ2n) is 5.48. The van der Waals surface area contributed by atoms with Gasteiger partial charge in [0.1, 0.15) is 5.69 Å². The van der Waals surface area contributed by atoms with Gasteiger partial charge in [-0.25, -0.2) is 0 Å². The minimum atomic E-state index is -0.0334. The van der Waals surface area contributed by atoms with E-state index < -0.39 is 0 Å². The Bertz CT molecular complexity index is 881. The van der Waals surface area contributed by atoms with Crippen molar-refractivity contribution in [2.24, 2.45) is 0 Å². The largest absolute Gasteiger partial charge is 0.358 e. The number of carbonyl (C=O) groups excluding carboxylic acids is 1. The van der Waals surface area contributed by atoms with Crippen molar-refractivity contribution in [1.29, 1.82) is 0 Å². The molecule has 112 valence electrons. The molecular formula is C16H13Cl2N3O. The topological polar surface area (TPSA) is 51.9 Å². The van der Waals surface area contributed by atoms with Crippen LogP contribution in [0.3, 0.4) is 0 Å². The Morgan fingerprint density at radius 2 is 2.05 bits per heavy atom. The van der Waals surface area contributed by atoms with Gasteiger partial charge >= 0.3 is 0 Å². The molecule has 0 atom stereocenters. The van der Waals surface area contributed by atoms with Crippen LogP contribution < -0.4 is 0 Å². The highest BCUT2D eigenvalue weighted by Gasteiger charge is 2.25. The second kappa shape index (κ2) is 5.07. The van der Waals surface area contributed by atoms with Crippen LogP contribution in [-0.2, 0) is 13.0 Å². The molecule has 2 aromatic heterocycles. The molecule has 1 amide bonds. The van der Waals surface area contributed by atoms with Crippen LogP contribution in [0.25, 0.3) is 10.9 Å². The van der Waals surface area contributed by atoms with Crippen molar-refractivity contribution in [1.82, 2.24) is 14.9 Å². The fourth-order valence-electron chi connectivity index (χ4n) is 3.02. The summed E-state index contributed by atoms with van der Waals surface area (Å²) in [6.45, 7) is 1.26. The highest BCUT2D eigenvalue weighted by Crippen LogP contribution is 2.30. The molecule has 0 saturated heterocycles. The molecule has 0 saturated carbocycles. The fraction of sp³-hybridized carbons (Fsp3) is 0.188. The van der Waals surface area contributed by atoms with E-state index in [1.54, 1.807) is 12.3 Å². The smallest absolute Gasteiger partial charge is 0.270 e. The van der Waals surface area contributed by atoms with E-state index in [0.29, 0.717) is 28.8 Å². The summed E-state index contributed by atoms with van der Waals surface area (Å²) in [6, 6.07) is 7.46. The Kier molecular flexibility index (Phi) is 3.17. The number of fused-ring (bicyclic) bond motifs is 3. The zero-order valence-corrected chi connectivity index (χ0v) is 13.1. The van der Waals surface area contributed by atoms with Gasteiger partial charge in [0.15, 0.2) is 0 Å². The lowest BCUT2D eigenvalue weighted by Crippen LogP contribution is -2.35. The fourth-order valence-corrected chi connectivity index (χ4v) is 3.36. The lowest BCUT2D eigenvalue weighted by atomic mass is 10.0. The normalized spacial score (nSPS) is 14.4. The summed E-state index contributed by atoms with van der Waals surface area (Å²) in [7, 11) is 0. The van der Waals surface area contributed by atoms with Crippen molar-refractivity contribution in [3.8, 4) is 0 Å². The average molecular weight is 334 g/mol. The maximum atomic E-state index is 12.5. The van der Waals surface area contributed by atoms with E-state index in [-0.39, 0.29) is 5.91 Å². The zero-order valence-electron chi connectivity index (χ0n) is 11.6. The van der Waals surface area contributed by atoms with Crippen LogP contribution in [0.1, 0.15) is 21.7 Å². The summed E-state index contributed by atoms with van der Waals surface area (Å²) in [5, 5.41) is 2.33. The van der Waals surface area contributed by atoms with E-state index in [2.05, 4.69) is 9.97 Å². The molecule has 0 spiro atoms. The molecule has 4 rings (SSSR count). The number of halogens is 2. The molecule has 1 aliphatic heterocycles. The Morgan fingerprint density at radius 3 is 2.82 bits per heavy atom. The third-order valence-corrected chi connectivity index (χ3v) is 4.56. The first-order chi connectivity index (χ1) is 10.6. The molecule has 0 unspecified atom stereocenters. The van der Waals surface area contributed by atoms with E-state index in [4.69, 9.17) is 23.2 Å². The van der Waals surface area contributed by atoms with Gasteiger partial charge in [-0.3, -0.25) is 4.79 Å². The third-order valence-electron chi connectivity index (χ3n) is 4.10. The predicted molar refractivity (Wildman–Crippen MR) is 87.6 cm³/mol. The molecule has 1 aliphatic rings. The summed E-state index contributed by atoms with van der Waals surface area (Å²) in [4.78, 5) is 20.7. The van der Waals surface area contributed by atoms with E-state index >= 15 is 0 Å². The minimum Gasteiger partial charge on any atom is -0.358 e. The molecule has 0 radical (unpaired) electrons. The van der Waals surface area contributed by atoms with Gasteiger partial charge < -0.3 is 14.9 Å². The summed E-state index contributed by atoms with van der Waals surface area (Å²) in [5.74, 6) is -0.0334. The van der Waals surface area contributed by atoms with Gasteiger partial charge in [0.25, 0.3) is 5.91 Å². The highest BCUT2D eigenvalue weighted by molar-refractivity contribution is 6.31. The van der Waals surface area contributed by atoms with Crippen LogP contribution in [-0.4, -0.2) is 27.3 Å². The minimum absolute atomic E-state index is 0.0334. The zero-order chi connectivity index (χ0) is 15.3. The molecule has 3 aromatic rings. The number of nitrogens with zero attached hydrogens (tertiary/aromatic N) is 1. The molecular weight excluding hydrogens is 321 g/mol. The van der Waals surface area contributed by atoms with Crippen LogP contribution in [0.2, 0.25) is 10.0 Å². The number of rotatable bonds is 1. The first-order valence-corrected chi connectivity index (χ1v) is 7.79. The van der Waals surface area contributed by atoms with Crippen molar-refractivity contribution in [2.75, 3.05) is 6.54 Å². The number of aromatic nitrogens is 2. The highest BCUT2D eigenvalue weighted by atomic mass is 35.5. The van der Waals surface area contributed by atoms with Gasteiger partial charge in [0, 0.05) is 52.9 Å². The maximum Gasteiger partial charge on any atom is 0.270 e. The van der Waals surface area contributed by atoms with Crippen molar-refractivity contribution in [3.63, 3.8) is 0 Å². The van der Waals surface area contributed by atoms with Crippen LogP contribution in [0, 0.1) is 0 Å². The van der Waals surface area contributed by atoms with Crippen molar-refractivity contribution < 1.29 is 4.79 Å². The Hall–Kier alpha value is -1.91. The molecule has 0 aliphatic carbocycles.